The first-order valence-electron chi connectivity index (χ1n) is 9.49. The Morgan fingerprint density at radius 3 is 2.93 bits per heavy atom. The first-order valence-corrected chi connectivity index (χ1v) is 9.49. The Bertz CT molecular complexity index is 802. The van der Waals surface area contributed by atoms with Crippen molar-refractivity contribution >= 4 is 5.95 Å². The molecule has 0 radical (unpaired) electrons. The molecule has 0 atom stereocenters. The van der Waals surface area contributed by atoms with Gasteiger partial charge in [0.1, 0.15) is 11.9 Å². The molecule has 3 rings (SSSR count). The number of anilines is 1. The van der Waals surface area contributed by atoms with Gasteiger partial charge in [-0.1, -0.05) is 35.3 Å². The minimum Gasteiger partial charge on any atom is -0.497 e. The maximum Gasteiger partial charge on any atom is 0.395 e. The molecule has 5 heteroatoms. The number of aliphatic hydroxyl groups is 1. The maximum atomic E-state index is 9.92. The van der Waals surface area contributed by atoms with E-state index in [2.05, 4.69) is 33.8 Å². The van der Waals surface area contributed by atoms with Crippen LogP contribution in [0, 0.1) is 0 Å². The smallest absolute Gasteiger partial charge is 0.395 e. The van der Waals surface area contributed by atoms with Crippen LogP contribution in [-0.4, -0.2) is 30.5 Å². The Morgan fingerprint density at radius 1 is 1.22 bits per heavy atom. The topological polar surface area (TPSA) is 49.5 Å². The number of aromatic nitrogens is 2. The van der Waals surface area contributed by atoms with E-state index in [-0.39, 0.29) is 6.73 Å². The number of allylic oxidation sites excluding steroid dienone is 4. The molecule has 0 fully saturated rings. The summed E-state index contributed by atoms with van der Waals surface area (Å²) in [6.45, 7) is 1.46. The fourth-order valence-electron chi connectivity index (χ4n) is 3.26. The van der Waals surface area contributed by atoms with Gasteiger partial charge in [-0.05, 0) is 36.1 Å². The average Bonchev–Trinajstić information content (AvgIpc) is 2.74. The summed E-state index contributed by atoms with van der Waals surface area (Å²) in [5, 5.41) is 9.92. The van der Waals surface area contributed by atoms with Crippen LogP contribution in [0.5, 0.6) is 5.75 Å². The third kappa shape index (κ3) is 5.41. The van der Waals surface area contributed by atoms with Gasteiger partial charge in [0, 0.05) is 18.9 Å². The molecule has 0 unspecified atom stereocenters. The molecule has 1 heterocycles. The summed E-state index contributed by atoms with van der Waals surface area (Å²) >= 11 is 0. The van der Waals surface area contributed by atoms with Gasteiger partial charge in [-0.2, -0.15) is 0 Å². The van der Waals surface area contributed by atoms with Gasteiger partial charge in [-0.25, -0.2) is 9.47 Å². The van der Waals surface area contributed by atoms with Crippen LogP contribution in [-0.2, 0) is 13.0 Å². The van der Waals surface area contributed by atoms with Gasteiger partial charge in [-0.15, -0.1) is 0 Å². The molecule has 0 spiro atoms. The fraction of sp³-hybridized carbons (Fsp3) is 0.364. The second-order valence-corrected chi connectivity index (χ2v) is 6.63. The zero-order chi connectivity index (χ0) is 18.9. The van der Waals surface area contributed by atoms with Crippen LogP contribution >= 0.6 is 0 Å². The third-order valence-corrected chi connectivity index (χ3v) is 4.77. The van der Waals surface area contributed by atoms with Crippen LogP contribution < -0.4 is 14.2 Å². The van der Waals surface area contributed by atoms with Crippen molar-refractivity contribution in [3.05, 3.63) is 72.1 Å². The van der Waals surface area contributed by atoms with Crippen molar-refractivity contribution in [3.63, 3.8) is 0 Å². The first-order chi connectivity index (χ1) is 13.3. The highest BCUT2D eigenvalue weighted by atomic mass is 16.5. The minimum absolute atomic E-state index is 0.0659. The van der Waals surface area contributed by atoms with E-state index in [1.807, 2.05) is 35.4 Å². The van der Waals surface area contributed by atoms with Gasteiger partial charge >= 0.3 is 5.95 Å². The zero-order valence-corrected chi connectivity index (χ0v) is 15.9. The standard InChI is InChI=1S/C22H28N3O2/c1-27-21-10-5-9-20(17-21)12-16-25(18-26)22-23-13-6-14-24(22)15-11-19-7-3-2-4-8-19/h3,5-10,13-14,17,26H,2,4,11-12,15-16,18H2,1H3/q+1. The zero-order valence-electron chi connectivity index (χ0n) is 15.9. The van der Waals surface area contributed by atoms with Crippen molar-refractivity contribution in [2.75, 3.05) is 25.3 Å². The van der Waals surface area contributed by atoms with Crippen LogP contribution in [0.1, 0.15) is 24.8 Å². The number of benzene rings is 1. The highest BCUT2D eigenvalue weighted by molar-refractivity contribution is 5.30. The van der Waals surface area contributed by atoms with E-state index in [0.717, 1.165) is 43.9 Å². The maximum absolute atomic E-state index is 9.92. The number of nitrogens with zero attached hydrogens (tertiary/aromatic N) is 3. The molecule has 0 bridgehead atoms. The second-order valence-electron chi connectivity index (χ2n) is 6.63. The van der Waals surface area contributed by atoms with Gasteiger partial charge in [-0.3, -0.25) is 0 Å². The Hall–Kier alpha value is -2.66. The molecular weight excluding hydrogens is 338 g/mol. The summed E-state index contributed by atoms with van der Waals surface area (Å²) in [6.07, 6.45) is 14.6. The molecule has 27 heavy (non-hydrogen) atoms. The lowest BCUT2D eigenvalue weighted by atomic mass is 10.0. The van der Waals surface area contributed by atoms with Crippen LogP contribution in [0.15, 0.2) is 66.5 Å². The number of hydrogen-bond acceptors (Lipinski definition) is 4. The Labute approximate surface area is 161 Å². The minimum atomic E-state index is -0.0659. The number of aliphatic hydroxyl groups excluding tert-OH is 1. The fourth-order valence-corrected chi connectivity index (χ4v) is 3.26. The highest BCUT2D eigenvalue weighted by Gasteiger charge is 2.20. The predicted octanol–water partition coefficient (Wildman–Crippen LogP) is 3.04. The first kappa shape index (κ1) is 19.1. The number of aryl methyl sites for hydroxylation is 1. The van der Waals surface area contributed by atoms with E-state index in [1.165, 1.54) is 11.1 Å². The molecule has 0 aliphatic heterocycles. The molecule has 5 nitrogen and oxygen atoms in total. The lowest BCUT2D eigenvalue weighted by molar-refractivity contribution is -0.686. The molecule has 1 aliphatic rings. The molecule has 1 N–H and O–H groups in total. The lowest BCUT2D eigenvalue weighted by Crippen LogP contribution is -2.44. The highest BCUT2D eigenvalue weighted by Crippen LogP contribution is 2.15. The normalized spacial score (nSPS) is 13.3. The summed E-state index contributed by atoms with van der Waals surface area (Å²) in [7, 11) is 1.67. The predicted molar refractivity (Wildman–Crippen MR) is 107 cm³/mol. The summed E-state index contributed by atoms with van der Waals surface area (Å²) < 4.78 is 7.41. The van der Waals surface area contributed by atoms with Crippen LogP contribution in [0.4, 0.5) is 5.95 Å². The monoisotopic (exact) mass is 366 g/mol. The van der Waals surface area contributed by atoms with E-state index in [0.29, 0.717) is 6.54 Å². The van der Waals surface area contributed by atoms with Gasteiger partial charge in [0.2, 0.25) is 0 Å². The third-order valence-electron chi connectivity index (χ3n) is 4.77. The largest absolute Gasteiger partial charge is 0.497 e. The molecule has 2 aromatic rings. The number of hydrogen-bond donors (Lipinski definition) is 1. The SMILES string of the molecule is COc1cccc(CCN(CO)c2nccc[n+]2CCC2=CCCC=C2)c1. The Morgan fingerprint density at radius 2 is 2.15 bits per heavy atom. The second kappa shape index (κ2) is 9.88. The van der Waals surface area contributed by atoms with E-state index in [1.54, 1.807) is 13.3 Å². The van der Waals surface area contributed by atoms with E-state index < -0.39 is 0 Å². The van der Waals surface area contributed by atoms with Crippen LogP contribution in [0.2, 0.25) is 0 Å². The van der Waals surface area contributed by atoms with Crippen molar-refractivity contribution in [3.8, 4) is 5.75 Å². The van der Waals surface area contributed by atoms with Crippen LogP contribution in [0.3, 0.4) is 0 Å². The Kier molecular flexibility index (Phi) is 6.99. The van der Waals surface area contributed by atoms with Gasteiger partial charge in [0.15, 0.2) is 6.73 Å². The Balaban J connectivity index is 1.67. The van der Waals surface area contributed by atoms with Crippen molar-refractivity contribution in [2.45, 2.75) is 32.2 Å². The molecule has 1 aromatic heterocycles. The van der Waals surface area contributed by atoms with Crippen molar-refractivity contribution in [1.82, 2.24) is 4.98 Å². The molecule has 142 valence electrons. The molecule has 0 amide bonds. The summed E-state index contributed by atoms with van der Waals surface area (Å²) in [5.74, 6) is 1.65. The summed E-state index contributed by atoms with van der Waals surface area (Å²) in [5.41, 5.74) is 2.54. The quantitative estimate of drug-likeness (QED) is 0.547. The number of ether oxygens (including phenoxy) is 1. The number of rotatable bonds is 9. The summed E-state index contributed by atoms with van der Waals surface area (Å²) in [6, 6.07) is 9.97. The van der Waals surface area contributed by atoms with Crippen molar-refractivity contribution < 1.29 is 14.4 Å². The van der Waals surface area contributed by atoms with Crippen molar-refractivity contribution in [1.29, 1.82) is 0 Å². The molecule has 1 aromatic carbocycles. The lowest BCUT2D eigenvalue weighted by Gasteiger charge is -2.17. The molecule has 0 saturated carbocycles. The van der Waals surface area contributed by atoms with E-state index in [4.69, 9.17) is 4.74 Å². The van der Waals surface area contributed by atoms with Gasteiger partial charge < -0.3 is 9.84 Å². The van der Waals surface area contributed by atoms with E-state index >= 15 is 0 Å². The van der Waals surface area contributed by atoms with Gasteiger partial charge in [0.05, 0.1) is 26.4 Å². The van der Waals surface area contributed by atoms with Crippen LogP contribution in [0.25, 0.3) is 0 Å². The van der Waals surface area contributed by atoms with Crippen molar-refractivity contribution in [2.24, 2.45) is 0 Å². The number of methoxy groups -OCH3 is 1. The average molecular weight is 366 g/mol. The molecule has 1 aliphatic carbocycles. The van der Waals surface area contributed by atoms with Gasteiger partial charge in [0.25, 0.3) is 0 Å². The molecular formula is C22H28N3O2+. The summed E-state index contributed by atoms with van der Waals surface area (Å²) in [4.78, 5) is 6.43. The molecule has 0 saturated heterocycles. The van der Waals surface area contributed by atoms with E-state index in [9.17, 15) is 5.11 Å².